The molecule has 208 valence electrons. The van der Waals surface area contributed by atoms with Crippen molar-refractivity contribution in [2.24, 2.45) is 5.92 Å². The number of phenolic OH excluding ortho intramolecular Hbond substituents is 1. The second-order valence-corrected chi connectivity index (χ2v) is 11.9. The summed E-state index contributed by atoms with van der Waals surface area (Å²) in [5.74, 6) is 1.04. The zero-order valence-electron chi connectivity index (χ0n) is 23.5. The molecule has 6 rings (SSSR count). The van der Waals surface area contributed by atoms with Crippen molar-refractivity contribution in [3.8, 4) is 22.6 Å². The highest BCUT2D eigenvalue weighted by atomic mass is 35.5. The van der Waals surface area contributed by atoms with Gasteiger partial charge >= 0.3 is 0 Å². The minimum Gasteiger partial charge on any atom is -0.503 e. The average molecular weight is 557 g/mol. The second-order valence-electron chi connectivity index (χ2n) is 11.5. The summed E-state index contributed by atoms with van der Waals surface area (Å²) in [6, 6.07) is 19.3. The van der Waals surface area contributed by atoms with E-state index in [0.717, 1.165) is 65.4 Å². The molecule has 2 fully saturated rings. The highest BCUT2D eigenvalue weighted by Gasteiger charge is 2.25. The van der Waals surface area contributed by atoms with Crippen LogP contribution in [0.4, 0.5) is 11.4 Å². The minimum atomic E-state index is -0.0462. The van der Waals surface area contributed by atoms with E-state index < -0.39 is 0 Å². The minimum absolute atomic E-state index is 0.0462. The molecule has 2 N–H and O–H groups in total. The number of phenols is 1. The van der Waals surface area contributed by atoms with Gasteiger partial charge in [0.1, 0.15) is 0 Å². The number of fused-ring (bicyclic) bond motifs is 1. The Bertz CT molecular complexity index is 1520. The fourth-order valence-electron chi connectivity index (χ4n) is 5.72. The van der Waals surface area contributed by atoms with Gasteiger partial charge in [-0.05, 0) is 104 Å². The fourth-order valence-corrected chi connectivity index (χ4v) is 5.93. The summed E-state index contributed by atoms with van der Waals surface area (Å²) < 4.78 is 5.35. The lowest BCUT2D eigenvalue weighted by molar-refractivity contribution is 0.264. The Kier molecular flexibility index (Phi) is 7.58. The first-order valence-electron chi connectivity index (χ1n) is 14.1. The smallest absolute Gasteiger partial charge is 0.176 e. The number of anilines is 2. The number of halogens is 1. The molecule has 1 saturated heterocycles. The standard InChI is InChI=1S/C33H37ClN4O2/c1-37(2)27-12-13-38(20-27)19-22-6-9-26(10-7-22)36-32-25(14-21-4-5-21)18-35-30-11-8-23(15-28(30)32)24-16-29(34)33(39)31(17-24)40-3/h6-11,15-18,21,27,39H,4-5,12-14,19-20H2,1-3H3,(H,35,36). The van der Waals surface area contributed by atoms with E-state index in [1.54, 1.807) is 6.07 Å². The predicted molar refractivity (Wildman–Crippen MR) is 164 cm³/mol. The maximum atomic E-state index is 10.2. The number of ether oxygens (including phenoxy) is 1. The van der Waals surface area contributed by atoms with Gasteiger partial charge < -0.3 is 20.1 Å². The molecule has 1 saturated carbocycles. The summed E-state index contributed by atoms with van der Waals surface area (Å²) in [6.07, 6.45) is 6.85. The van der Waals surface area contributed by atoms with Crippen molar-refractivity contribution in [1.82, 2.24) is 14.8 Å². The number of nitrogens with zero attached hydrogens (tertiary/aromatic N) is 3. The lowest BCUT2D eigenvalue weighted by atomic mass is 9.99. The van der Waals surface area contributed by atoms with Crippen LogP contribution in [0, 0.1) is 5.92 Å². The molecule has 1 aliphatic heterocycles. The largest absolute Gasteiger partial charge is 0.503 e. The third-order valence-electron chi connectivity index (χ3n) is 8.34. The normalized spacial score (nSPS) is 17.6. The topological polar surface area (TPSA) is 60.9 Å². The third kappa shape index (κ3) is 5.75. The van der Waals surface area contributed by atoms with Gasteiger partial charge in [-0.25, -0.2) is 0 Å². The molecule has 2 heterocycles. The lowest BCUT2D eigenvalue weighted by Crippen LogP contribution is -2.31. The van der Waals surface area contributed by atoms with Crippen molar-refractivity contribution in [3.63, 3.8) is 0 Å². The van der Waals surface area contributed by atoms with Crippen LogP contribution < -0.4 is 10.1 Å². The molecule has 1 aromatic heterocycles. The number of nitrogens with one attached hydrogen (secondary N) is 1. The van der Waals surface area contributed by atoms with Gasteiger partial charge in [0.2, 0.25) is 0 Å². The second kappa shape index (κ2) is 11.3. The highest BCUT2D eigenvalue weighted by molar-refractivity contribution is 6.32. The quantitative estimate of drug-likeness (QED) is 0.229. The summed E-state index contributed by atoms with van der Waals surface area (Å²) in [6.45, 7) is 3.26. The predicted octanol–water partition coefficient (Wildman–Crippen LogP) is 7.10. The third-order valence-corrected chi connectivity index (χ3v) is 8.63. The molecule has 0 bridgehead atoms. The van der Waals surface area contributed by atoms with Gasteiger partial charge in [-0.2, -0.15) is 0 Å². The van der Waals surface area contributed by atoms with Crippen molar-refractivity contribution in [3.05, 3.63) is 76.9 Å². The zero-order valence-corrected chi connectivity index (χ0v) is 24.2. The van der Waals surface area contributed by atoms with Crippen LogP contribution in [-0.2, 0) is 13.0 Å². The van der Waals surface area contributed by atoms with E-state index in [1.807, 2.05) is 24.4 Å². The Balaban J connectivity index is 1.31. The molecule has 0 spiro atoms. The van der Waals surface area contributed by atoms with Gasteiger partial charge in [0.15, 0.2) is 11.5 Å². The van der Waals surface area contributed by atoms with E-state index in [2.05, 4.69) is 59.5 Å². The van der Waals surface area contributed by atoms with Crippen LogP contribution in [0.5, 0.6) is 11.5 Å². The monoisotopic (exact) mass is 556 g/mol. The number of pyridine rings is 1. The first-order valence-corrected chi connectivity index (χ1v) is 14.5. The molecule has 1 aliphatic carbocycles. The van der Waals surface area contributed by atoms with Gasteiger partial charge in [-0.1, -0.05) is 29.8 Å². The Morgan fingerprint density at radius 3 is 2.55 bits per heavy atom. The average Bonchev–Trinajstić information content (AvgIpc) is 3.65. The molecule has 7 heteroatoms. The number of likely N-dealkylation sites (tertiary alicyclic amines) is 1. The Hall–Kier alpha value is -3.32. The summed E-state index contributed by atoms with van der Waals surface area (Å²) in [4.78, 5) is 9.70. The van der Waals surface area contributed by atoms with Crippen LogP contribution in [0.1, 0.15) is 30.4 Å². The van der Waals surface area contributed by atoms with Gasteiger partial charge in [-0.3, -0.25) is 9.88 Å². The molecule has 4 aromatic rings. The van der Waals surface area contributed by atoms with Crippen LogP contribution >= 0.6 is 11.6 Å². The van der Waals surface area contributed by atoms with E-state index in [1.165, 1.54) is 37.5 Å². The van der Waals surface area contributed by atoms with Crippen LogP contribution in [0.3, 0.4) is 0 Å². The Labute approximate surface area is 241 Å². The number of likely N-dealkylation sites (N-methyl/N-ethyl adjacent to an activating group) is 1. The maximum absolute atomic E-state index is 10.2. The number of aromatic nitrogens is 1. The molecular formula is C33H37ClN4O2. The van der Waals surface area contributed by atoms with E-state index >= 15 is 0 Å². The molecule has 1 atom stereocenters. The fraction of sp³-hybridized carbons (Fsp3) is 0.364. The van der Waals surface area contributed by atoms with E-state index in [9.17, 15) is 5.11 Å². The number of benzene rings is 3. The SMILES string of the molecule is COc1cc(-c2ccc3ncc(CC4CC4)c(Nc4ccc(CN5CCC(N(C)C)C5)cc4)c3c2)cc(Cl)c1O. The van der Waals surface area contributed by atoms with Gasteiger partial charge in [0, 0.05) is 42.9 Å². The summed E-state index contributed by atoms with van der Waals surface area (Å²) >= 11 is 6.32. The van der Waals surface area contributed by atoms with E-state index in [0.29, 0.717) is 11.8 Å². The number of rotatable bonds is 9. The van der Waals surface area contributed by atoms with Crippen molar-refractivity contribution in [1.29, 1.82) is 0 Å². The summed E-state index contributed by atoms with van der Waals surface area (Å²) in [7, 11) is 5.88. The number of methoxy groups -OCH3 is 1. The van der Waals surface area contributed by atoms with Gasteiger partial charge in [0.25, 0.3) is 0 Å². The molecule has 2 aliphatic rings. The molecule has 1 unspecified atom stereocenters. The Morgan fingerprint density at radius 2 is 1.85 bits per heavy atom. The van der Waals surface area contributed by atoms with E-state index in [4.69, 9.17) is 21.3 Å². The zero-order chi connectivity index (χ0) is 27.8. The molecule has 3 aromatic carbocycles. The van der Waals surface area contributed by atoms with Crippen molar-refractivity contribution in [2.45, 2.75) is 38.3 Å². The van der Waals surface area contributed by atoms with Crippen LogP contribution in [-0.4, -0.2) is 60.2 Å². The number of hydrogen-bond acceptors (Lipinski definition) is 6. The number of aromatic hydroxyl groups is 1. The molecule has 0 amide bonds. The molecule has 0 radical (unpaired) electrons. The highest BCUT2D eigenvalue weighted by Crippen LogP contribution is 2.41. The maximum Gasteiger partial charge on any atom is 0.176 e. The summed E-state index contributed by atoms with van der Waals surface area (Å²) in [5, 5.41) is 15.3. The van der Waals surface area contributed by atoms with E-state index in [-0.39, 0.29) is 10.8 Å². The molecular weight excluding hydrogens is 520 g/mol. The number of hydrogen-bond donors (Lipinski definition) is 2. The van der Waals surface area contributed by atoms with Gasteiger partial charge in [-0.15, -0.1) is 0 Å². The Morgan fingerprint density at radius 1 is 1.05 bits per heavy atom. The summed E-state index contributed by atoms with van der Waals surface area (Å²) in [5.41, 5.74) is 7.55. The van der Waals surface area contributed by atoms with Crippen LogP contribution in [0.15, 0.2) is 60.8 Å². The molecule has 40 heavy (non-hydrogen) atoms. The lowest BCUT2D eigenvalue weighted by Gasteiger charge is -2.20. The van der Waals surface area contributed by atoms with Crippen LogP contribution in [0.2, 0.25) is 5.02 Å². The molecule has 6 nitrogen and oxygen atoms in total. The van der Waals surface area contributed by atoms with Crippen LogP contribution in [0.25, 0.3) is 22.0 Å². The van der Waals surface area contributed by atoms with Crippen molar-refractivity contribution in [2.75, 3.05) is 39.6 Å². The van der Waals surface area contributed by atoms with Gasteiger partial charge in [0.05, 0.1) is 23.3 Å². The first-order chi connectivity index (χ1) is 19.4. The first kappa shape index (κ1) is 26.9. The van der Waals surface area contributed by atoms with Crippen molar-refractivity contribution < 1.29 is 9.84 Å². The van der Waals surface area contributed by atoms with Crippen molar-refractivity contribution >= 4 is 33.9 Å².